The first-order valence-corrected chi connectivity index (χ1v) is 11.5. The summed E-state index contributed by atoms with van der Waals surface area (Å²) in [6, 6.07) is 8.47. The Balaban J connectivity index is 1.91. The summed E-state index contributed by atoms with van der Waals surface area (Å²) in [5, 5.41) is 2.25. The summed E-state index contributed by atoms with van der Waals surface area (Å²) in [6.45, 7) is 6.09. The molecule has 2 aromatic rings. The molecule has 2 aliphatic heterocycles. The second-order valence-corrected chi connectivity index (χ2v) is 8.85. The lowest BCUT2D eigenvalue weighted by Gasteiger charge is -2.36. The maximum Gasteiger partial charge on any atom is 0.114 e. The van der Waals surface area contributed by atoms with Crippen LogP contribution >= 0.6 is 48.9 Å². The van der Waals surface area contributed by atoms with Gasteiger partial charge >= 0.3 is 0 Å². The van der Waals surface area contributed by atoms with Gasteiger partial charge in [0.15, 0.2) is 0 Å². The van der Waals surface area contributed by atoms with Gasteiger partial charge in [-0.3, -0.25) is 0 Å². The third kappa shape index (κ3) is 2.93. The molecule has 0 unspecified atom stereocenters. The van der Waals surface area contributed by atoms with Gasteiger partial charge in [-0.1, -0.05) is 99.8 Å². The van der Waals surface area contributed by atoms with Gasteiger partial charge in [0.05, 0.1) is 0 Å². The van der Waals surface area contributed by atoms with E-state index in [0.717, 1.165) is 91.8 Å². The Kier molecular flexibility index (Phi) is 5.58. The molecule has 6 heteroatoms. The van der Waals surface area contributed by atoms with Gasteiger partial charge in [-0.05, 0) is 12.8 Å². The second-order valence-electron chi connectivity index (χ2n) is 7.30. The van der Waals surface area contributed by atoms with Crippen molar-refractivity contribution in [1.82, 2.24) is 9.80 Å². The van der Waals surface area contributed by atoms with E-state index in [1.807, 2.05) is 0 Å². The third-order valence-electron chi connectivity index (χ3n) is 5.53. The lowest BCUT2D eigenvalue weighted by molar-refractivity contribution is 0.582. The average molecular weight is 443 g/mol. The number of hydrogen-bond acceptors (Lipinski definition) is 4. The number of hydrogen-bond donors (Lipinski definition) is 0. The Bertz CT molecular complexity index is 887. The molecule has 0 N–H and O–H groups in total. The Labute approximate surface area is 187 Å². The monoisotopic (exact) mass is 442 g/mol. The van der Waals surface area contributed by atoms with Gasteiger partial charge in [0.1, 0.15) is 20.0 Å². The quantitative estimate of drug-likeness (QED) is 0.520. The summed E-state index contributed by atoms with van der Waals surface area (Å²) in [4.78, 5) is 7.50. The summed E-state index contributed by atoms with van der Waals surface area (Å²) in [6.07, 6.45) is 4.35. The molecule has 0 atom stereocenters. The van der Waals surface area contributed by atoms with Crippen molar-refractivity contribution in [1.29, 1.82) is 0 Å². The van der Waals surface area contributed by atoms with Crippen LogP contribution < -0.4 is 0 Å². The van der Waals surface area contributed by atoms with E-state index in [2.05, 4.69) is 47.9 Å². The predicted octanol–water partition coefficient (Wildman–Crippen LogP) is 5.77. The van der Waals surface area contributed by atoms with Gasteiger partial charge in [0.2, 0.25) is 0 Å². The third-order valence-corrected chi connectivity index (χ3v) is 7.29. The topological polar surface area (TPSA) is 6.48 Å². The summed E-state index contributed by atoms with van der Waals surface area (Å²) in [5.74, 6) is 0. The van der Waals surface area contributed by atoms with Crippen LogP contribution in [0.5, 0.6) is 0 Å². The summed E-state index contributed by atoms with van der Waals surface area (Å²) in [7, 11) is 0. The fraction of sp³-hybridized carbons (Fsp3) is 0.364. The zero-order valence-corrected chi connectivity index (χ0v) is 19.3. The van der Waals surface area contributed by atoms with E-state index < -0.39 is 0 Å². The molecule has 0 aromatic heterocycles. The molecule has 0 bridgehead atoms. The minimum Gasteiger partial charge on any atom is -0.323 e. The smallest absolute Gasteiger partial charge is 0.114 e. The summed E-state index contributed by atoms with van der Waals surface area (Å²) < 4.78 is 0. The number of benzene rings is 2. The van der Waals surface area contributed by atoms with Crippen LogP contribution in [0.1, 0.15) is 61.8 Å². The lowest BCUT2D eigenvalue weighted by atomic mass is 9.86. The van der Waals surface area contributed by atoms with E-state index in [1.54, 1.807) is 0 Å². The Morgan fingerprint density at radius 2 is 0.857 bits per heavy atom. The van der Waals surface area contributed by atoms with Crippen molar-refractivity contribution in [2.24, 2.45) is 0 Å². The van der Waals surface area contributed by atoms with Crippen LogP contribution in [-0.4, -0.2) is 42.8 Å². The number of thiocarbonyl (C=S) groups is 4. The van der Waals surface area contributed by atoms with Crippen molar-refractivity contribution < 1.29 is 0 Å². The van der Waals surface area contributed by atoms with Gasteiger partial charge in [-0.25, -0.2) is 0 Å². The van der Waals surface area contributed by atoms with Crippen molar-refractivity contribution in [2.45, 2.75) is 39.5 Å². The molecule has 0 spiro atoms. The zero-order valence-electron chi connectivity index (χ0n) is 16.1. The van der Waals surface area contributed by atoms with Gasteiger partial charge in [-0.15, -0.1) is 0 Å². The molecule has 0 fully saturated rings. The van der Waals surface area contributed by atoms with Crippen LogP contribution in [0.3, 0.4) is 0 Å². The van der Waals surface area contributed by atoms with Crippen LogP contribution in [-0.2, 0) is 0 Å². The van der Waals surface area contributed by atoms with Crippen LogP contribution in [0, 0.1) is 0 Å². The SMILES string of the molecule is CCCCN1C(=S)c2ccc3c4c(ccc(c24)C1=S)C(=S)N(CCCC)C3=S. The zero-order chi connectivity index (χ0) is 20.0. The molecule has 0 aliphatic carbocycles. The predicted molar refractivity (Wildman–Crippen MR) is 134 cm³/mol. The van der Waals surface area contributed by atoms with Crippen molar-refractivity contribution in [3.63, 3.8) is 0 Å². The molecule has 2 heterocycles. The van der Waals surface area contributed by atoms with Crippen LogP contribution in [0.25, 0.3) is 10.8 Å². The van der Waals surface area contributed by atoms with E-state index in [4.69, 9.17) is 48.9 Å². The maximum absolute atomic E-state index is 5.85. The van der Waals surface area contributed by atoms with Crippen molar-refractivity contribution in [3.8, 4) is 0 Å². The lowest BCUT2D eigenvalue weighted by Crippen LogP contribution is -2.42. The number of unbranched alkanes of at least 4 members (excludes halogenated alkanes) is 2. The highest BCUT2D eigenvalue weighted by molar-refractivity contribution is 7.83. The normalized spacial score (nSPS) is 15.8. The highest BCUT2D eigenvalue weighted by Gasteiger charge is 2.33. The molecule has 0 radical (unpaired) electrons. The van der Waals surface area contributed by atoms with Gasteiger partial charge in [0, 0.05) is 46.1 Å². The molecular formula is C22H22N2S4. The fourth-order valence-electron chi connectivity index (χ4n) is 4.01. The first-order chi connectivity index (χ1) is 13.5. The molecule has 144 valence electrons. The minimum atomic E-state index is 0.819. The highest BCUT2D eigenvalue weighted by atomic mass is 32.1. The number of rotatable bonds is 6. The maximum atomic E-state index is 5.85. The highest BCUT2D eigenvalue weighted by Crippen LogP contribution is 2.39. The van der Waals surface area contributed by atoms with Crippen LogP contribution in [0.2, 0.25) is 0 Å². The van der Waals surface area contributed by atoms with Gasteiger partial charge < -0.3 is 9.80 Å². The van der Waals surface area contributed by atoms with E-state index in [1.165, 1.54) is 0 Å². The Hall–Kier alpha value is -1.34. The van der Waals surface area contributed by atoms with E-state index in [-0.39, 0.29) is 0 Å². The van der Waals surface area contributed by atoms with E-state index in [9.17, 15) is 0 Å². The molecule has 2 aliphatic rings. The average Bonchev–Trinajstić information content (AvgIpc) is 2.70. The van der Waals surface area contributed by atoms with Crippen molar-refractivity contribution in [2.75, 3.05) is 13.1 Å². The Morgan fingerprint density at radius 3 is 1.11 bits per heavy atom. The van der Waals surface area contributed by atoms with Gasteiger partial charge in [-0.2, -0.15) is 0 Å². The van der Waals surface area contributed by atoms with Gasteiger partial charge in [0.25, 0.3) is 0 Å². The molecule has 28 heavy (non-hydrogen) atoms. The van der Waals surface area contributed by atoms with E-state index >= 15 is 0 Å². The largest absolute Gasteiger partial charge is 0.323 e. The minimum absolute atomic E-state index is 0.819. The van der Waals surface area contributed by atoms with E-state index in [0.29, 0.717) is 0 Å². The first-order valence-electron chi connectivity index (χ1n) is 9.83. The molecule has 0 amide bonds. The van der Waals surface area contributed by atoms with Crippen LogP contribution in [0.4, 0.5) is 0 Å². The standard InChI is InChI=1S/C22H22N2S4/c1-3-5-11-23-19(25)13-7-9-15-18-16(10-8-14(17(13)18)20(23)26)22(28)24(21(15)27)12-6-4-2/h7-10H,3-6,11-12H2,1-2H3. The fourth-order valence-corrected chi connectivity index (χ4v) is 5.54. The summed E-state index contributed by atoms with van der Waals surface area (Å²) >= 11 is 23.4. The molecular weight excluding hydrogens is 421 g/mol. The van der Waals surface area contributed by atoms with Crippen molar-refractivity contribution in [3.05, 3.63) is 46.5 Å². The second kappa shape index (κ2) is 7.82. The summed E-state index contributed by atoms with van der Waals surface area (Å²) in [5.41, 5.74) is 4.29. The van der Waals surface area contributed by atoms with Crippen LogP contribution in [0.15, 0.2) is 24.3 Å². The molecule has 4 rings (SSSR count). The Morgan fingerprint density at radius 1 is 0.571 bits per heavy atom. The first kappa shape index (κ1) is 20.0. The number of nitrogens with zero attached hydrogens (tertiary/aromatic N) is 2. The molecule has 2 aromatic carbocycles. The van der Waals surface area contributed by atoms with Crippen molar-refractivity contribution >= 4 is 79.6 Å². The molecule has 0 saturated carbocycles. The molecule has 2 nitrogen and oxygen atoms in total. The molecule has 0 saturated heterocycles.